The molecule has 0 spiro atoms. The van der Waals surface area contributed by atoms with E-state index < -0.39 is 0 Å². The molecular weight excluding hydrogens is 324 g/mol. The summed E-state index contributed by atoms with van der Waals surface area (Å²) < 4.78 is 0. The van der Waals surface area contributed by atoms with Gasteiger partial charge in [0.25, 0.3) is 0 Å². The van der Waals surface area contributed by atoms with Crippen molar-refractivity contribution >= 4 is 11.9 Å². The molecule has 2 heterocycles. The summed E-state index contributed by atoms with van der Waals surface area (Å²) in [6.45, 7) is 1.04. The number of amides is 1. The number of carbonyl (C=O) groups excluding carboxylic acids is 1. The lowest BCUT2D eigenvalue weighted by Gasteiger charge is -2.21. The van der Waals surface area contributed by atoms with Crippen molar-refractivity contribution in [2.75, 3.05) is 5.73 Å². The summed E-state index contributed by atoms with van der Waals surface area (Å²) in [5, 5.41) is 0. The quantitative estimate of drug-likeness (QED) is 0.789. The minimum Gasteiger partial charge on any atom is -0.368 e. The van der Waals surface area contributed by atoms with Crippen molar-refractivity contribution in [1.82, 2.24) is 14.9 Å². The van der Waals surface area contributed by atoms with Gasteiger partial charge in [-0.25, -0.2) is 9.97 Å². The summed E-state index contributed by atoms with van der Waals surface area (Å²) in [6, 6.07) is 20.4. The smallest absolute Gasteiger partial charge is 0.224 e. The van der Waals surface area contributed by atoms with Gasteiger partial charge in [-0.05, 0) is 11.1 Å². The van der Waals surface area contributed by atoms with Crippen LogP contribution in [0.5, 0.6) is 0 Å². The summed E-state index contributed by atoms with van der Waals surface area (Å²) in [4.78, 5) is 23.1. The Kier molecular flexibility index (Phi) is 4.35. The van der Waals surface area contributed by atoms with Crippen LogP contribution in [0, 0.1) is 0 Å². The lowest BCUT2D eigenvalue weighted by atomic mass is 9.88. The van der Waals surface area contributed by atoms with Crippen molar-refractivity contribution in [3.63, 3.8) is 0 Å². The highest BCUT2D eigenvalue weighted by Crippen LogP contribution is 2.30. The molecule has 0 atom stereocenters. The van der Waals surface area contributed by atoms with Gasteiger partial charge in [0.2, 0.25) is 11.9 Å². The van der Waals surface area contributed by atoms with Crippen molar-refractivity contribution in [3.8, 4) is 0 Å². The lowest BCUT2D eigenvalue weighted by Crippen LogP contribution is -2.27. The SMILES string of the molecule is Nc1ncc2c(n1)CN(C(=O)CC(c1ccccc1)c1ccccc1)C2. The Hall–Kier alpha value is -3.21. The summed E-state index contributed by atoms with van der Waals surface area (Å²) >= 11 is 0. The zero-order chi connectivity index (χ0) is 17.9. The van der Waals surface area contributed by atoms with Crippen LogP contribution >= 0.6 is 0 Å². The largest absolute Gasteiger partial charge is 0.368 e. The Labute approximate surface area is 152 Å². The van der Waals surface area contributed by atoms with E-state index in [2.05, 4.69) is 34.2 Å². The van der Waals surface area contributed by atoms with Crippen molar-refractivity contribution in [3.05, 3.63) is 89.2 Å². The number of fused-ring (bicyclic) bond motifs is 1. The first-order chi connectivity index (χ1) is 12.7. The van der Waals surface area contributed by atoms with E-state index in [0.717, 1.165) is 22.4 Å². The van der Waals surface area contributed by atoms with Crippen molar-refractivity contribution in [2.45, 2.75) is 25.4 Å². The molecule has 1 amide bonds. The van der Waals surface area contributed by atoms with E-state index in [1.54, 1.807) is 6.20 Å². The number of aromatic nitrogens is 2. The van der Waals surface area contributed by atoms with Crippen LogP contribution in [0.25, 0.3) is 0 Å². The molecule has 0 fully saturated rings. The highest BCUT2D eigenvalue weighted by Gasteiger charge is 2.27. The van der Waals surface area contributed by atoms with Gasteiger partial charge in [0, 0.05) is 30.6 Å². The Morgan fingerprint density at radius 3 is 2.23 bits per heavy atom. The van der Waals surface area contributed by atoms with E-state index in [4.69, 9.17) is 5.73 Å². The third-order valence-corrected chi connectivity index (χ3v) is 4.81. The van der Waals surface area contributed by atoms with Gasteiger partial charge in [-0.1, -0.05) is 60.7 Å². The summed E-state index contributed by atoms with van der Waals surface area (Å²) in [5.41, 5.74) is 9.78. The molecular formula is C21H20N4O. The molecule has 1 aromatic heterocycles. The second-order valence-electron chi connectivity index (χ2n) is 6.53. The first-order valence-electron chi connectivity index (χ1n) is 8.68. The normalized spacial score (nSPS) is 13.0. The van der Waals surface area contributed by atoms with E-state index in [9.17, 15) is 4.79 Å². The maximum atomic E-state index is 13.0. The molecule has 0 unspecified atom stereocenters. The summed E-state index contributed by atoms with van der Waals surface area (Å²) in [7, 11) is 0. The van der Waals surface area contributed by atoms with Gasteiger partial charge < -0.3 is 10.6 Å². The van der Waals surface area contributed by atoms with Gasteiger partial charge in [-0.15, -0.1) is 0 Å². The highest BCUT2D eigenvalue weighted by atomic mass is 16.2. The molecule has 130 valence electrons. The molecule has 0 saturated carbocycles. The second-order valence-corrected chi connectivity index (χ2v) is 6.53. The maximum Gasteiger partial charge on any atom is 0.224 e. The Morgan fingerprint density at radius 1 is 1.00 bits per heavy atom. The molecule has 0 bridgehead atoms. The third-order valence-electron chi connectivity index (χ3n) is 4.81. The molecule has 2 aromatic carbocycles. The number of carbonyl (C=O) groups is 1. The minimum atomic E-state index is 0.0322. The van der Waals surface area contributed by atoms with Crippen LogP contribution in [0.1, 0.15) is 34.7 Å². The molecule has 0 radical (unpaired) electrons. The van der Waals surface area contributed by atoms with Crippen LogP contribution in [0.15, 0.2) is 66.9 Å². The van der Waals surface area contributed by atoms with Gasteiger partial charge in [0.05, 0.1) is 12.2 Å². The molecule has 5 heteroatoms. The lowest BCUT2D eigenvalue weighted by molar-refractivity contribution is -0.132. The Morgan fingerprint density at radius 2 is 1.62 bits per heavy atom. The molecule has 0 aliphatic carbocycles. The monoisotopic (exact) mass is 344 g/mol. The van der Waals surface area contributed by atoms with E-state index in [-0.39, 0.29) is 17.8 Å². The van der Waals surface area contributed by atoms with Crippen molar-refractivity contribution < 1.29 is 4.79 Å². The average Bonchev–Trinajstić information content (AvgIpc) is 3.10. The van der Waals surface area contributed by atoms with E-state index in [1.165, 1.54) is 0 Å². The molecule has 3 aromatic rings. The maximum absolute atomic E-state index is 13.0. The predicted octanol–water partition coefficient (Wildman–Crippen LogP) is 3.12. The fraction of sp³-hybridized carbons (Fsp3) is 0.190. The highest BCUT2D eigenvalue weighted by molar-refractivity contribution is 5.78. The Balaban J connectivity index is 1.56. The van der Waals surface area contributed by atoms with Gasteiger partial charge in [-0.2, -0.15) is 0 Å². The summed E-state index contributed by atoms with van der Waals surface area (Å²) in [6.07, 6.45) is 2.14. The molecule has 4 rings (SSSR count). The van der Waals surface area contributed by atoms with Gasteiger partial charge in [-0.3, -0.25) is 4.79 Å². The number of nitrogens with two attached hydrogens (primary N) is 1. The molecule has 26 heavy (non-hydrogen) atoms. The minimum absolute atomic E-state index is 0.0322. The number of rotatable bonds is 4. The number of nitrogens with zero attached hydrogens (tertiary/aromatic N) is 3. The summed E-state index contributed by atoms with van der Waals surface area (Å²) in [5.74, 6) is 0.397. The van der Waals surface area contributed by atoms with Gasteiger partial charge >= 0.3 is 0 Å². The molecule has 0 saturated heterocycles. The standard InChI is InChI=1S/C21H20N4O/c22-21-23-12-17-13-25(14-19(17)24-21)20(26)11-18(15-7-3-1-4-8-15)16-9-5-2-6-10-16/h1-10,12,18H,11,13-14H2,(H2,22,23,24). The zero-order valence-electron chi connectivity index (χ0n) is 14.4. The first kappa shape index (κ1) is 16.3. The number of anilines is 1. The predicted molar refractivity (Wildman–Crippen MR) is 100 cm³/mol. The fourth-order valence-corrected chi connectivity index (χ4v) is 3.45. The number of hydrogen-bond acceptors (Lipinski definition) is 4. The van der Waals surface area contributed by atoms with Crippen LogP contribution in [0.3, 0.4) is 0 Å². The molecule has 2 N–H and O–H groups in total. The number of nitrogen functional groups attached to an aromatic ring is 1. The second kappa shape index (κ2) is 6.96. The molecule has 5 nitrogen and oxygen atoms in total. The van der Waals surface area contributed by atoms with Gasteiger partial charge in [0.15, 0.2) is 0 Å². The van der Waals surface area contributed by atoms with Crippen LogP contribution in [0.2, 0.25) is 0 Å². The van der Waals surface area contributed by atoms with Crippen molar-refractivity contribution in [2.24, 2.45) is 0 Å². The molecule has 1 aliphatic rings. The topological polar surface area (TPSA) is 72.1 Å². The average molecular weight is 344 g/mol. The number of hydrogen-bond donors (Lipinski definition) is 1. The fourth-order valence-electron chi connectivity index (χ4n) is 3.45. The van der Waals surface area contributed by atoms with E-state index in [0.29, 0.717) is 19.5 Å². The van der Waals surface area contributed by atoms with Gasteiger partial charge in [0.1, 0.15) is 0 Å². The zero-order valence-corrected chi connectivity index (χ0v) is 14.4. The third kappa shape index (κ3) is 3.28. The van der Waals surface area contributed by atoms with Crippen molar-refractivity contribution in [1.29, 1.82) is 0 Å². The van der Waals surface area contributed by atoms with E-state index >= 15 is 0 Å². The van der Waals surface area contributed by atoms with Crippen LogP contribution in [-0.2, 0) is 17.9 Å². The van der Waals surface area contributed by atoms with Crippen LogP contribution < -0.4 is 5.73 Å². The van der Waals surface area contributed by atoms with Crippen LogP contribution in [-0.4, -0.2) is 20.8 Å². The first-order valence-corrected chi connectivity index (χ1v) is 8.68. The van der Waals surface area contributed by atoms with E-state index in [1.807, 2.05) is 41.3 Å². The molecule has 1 aliphatic heterocycles. The number of benzene rings is 2. The Bertz CT molecular complexity index is 872. The van der Waals surface area contributed by atoms with Crippen LogP contribution in [0.4, 0.5) is 5.95 Å².